The molecule has 0 N–H and O–H groups in total. The molecule has 0 amide bonds. The van der Waals surface area contributed by atoms with Gasteiger partial charge in [-0.05, 0) is 13.3 Å². The number of rotatable bonds is 3. The van der Waals surface area contributed by atoms with E-state index in [0.717, 1.165) is 6.42 Å². The first-order valence-corrected chi connectivity index (χ1v) is 2.49. The Labute approximate surface area is 48.9 Å². The van der Waals surface area contributed by atoms with Crippen LogP contribution < -0.4 is 0 Å². The lowest BCUT2D eigenvalue weighted by Gasteiger charge is -1.93. The molecule has 2 nitrogen and oxygen atoms in total. The van der Waals surface area contributed by atoms with Crippen molar-refractivity contribution in [2.75, 3.05) is 0 Å². The molecule has 8 heavy (non-hydrogen) atoms. The van der Waals surface area contributed by atoms with Crippen molar-refractivity contribution in [3.63, 3.8) is 0 Å². The molecule has 0 radical (unpaired) electrons. The largest absolute Gasteiger partial charge is 0.235 e. The second-order valence-corrected chi connectivity index (χ2v) is 1.59. The normalized spacial score (nSPS) is 11.6. The Morgan fingerprint density at radius 3 is 3.00 bits per heavy atom. The van der Waals surface area contributed by atoms with E-state index in [2.05, 4.69) is 11.6 Å². The molecule has 0 aromatic carbocycles. The summed E-state index contributed by atoms with van der Waals surface area (Å²) in [4.78, 5) is 13.0. The molecular weight excluding hydrogens is 102 g/mol. The third-order valence-corrected chi connectivity index (χ3v) is 0.781. The van der Waals surface area contributed by atoms with Gasteiger partial charge >= 0.3 is 0 Å². The van der Waals surface area contributed by atoms with E-state index in [0.29, 0.717) is 0 Å². The molecule has 0 aliphatic rings. The summed E-state index contributed by atoms with van der Waals surface area (Å²) in [6, 6.07) is 0.0463. The lowest BCUT2D eigenvalue weighted by molar-refractivity contribution is 0.558. The first-order chi connectivity index (χ1) is 3.81. The molecule has 0 aromatic rings. The SMILES string of the molecule is C=CCC(C)N=C=O. The molecule has 44 valence electrons. The lowest BCUT2D eigenvalue weighted by atomic mass is 10.2. The summed E-state index contributed by atoms with van der Waals surface area (Å²) >= 11 is 0. The molecule has 1 unspecified atom stereocenters. The molecular formula is C6H9NO. The first-order valence-electron chi connectivity index (χ1n) is 2.49. The van der Waals surface area contributed by atoms with Crippen LogP contribution in [0.5, 0.6) is 0 Å². The van der Waals surface area contributed by atoms with Crippen LogP contribution in [0.15, 0.2) is 17.6 Å². The van der Waals surface area contributed by atoms with Crippen molar-refractivity contribution in [3.05, 3.63) is 12.7 Å². The summed E-state index contributed by atoms with van der Waals surface area (Å²) in [5, 5.41) is 0. The van der Waals surface area contributed by atoms with Crippen LogP contribution >= 0.6 is 0 Å². The predicted molar refractivity (Wildman–Crippen MR) is 32.4 cm³/mol. The van der Waals surface area contributed by atoms with Gasteiger partial charge in [0.05, 0.1) is 6.04 Å². The molecule has 2 heteroatoms. The van der Waals surface area contributed by atoms with Crippen LogP contribution in [-0.4, -0.2) is 12.1 Å². The molecule has 0 aromatic heterocycles. The molecule has 0 fully saturated rings. The van der Waals surface area contributed by atoms with Crippen LogP contribution in [0.25, 0.3) is 0 Å². The van der Waals surface area contributed by atoms with E-state index in [1.165, 1.54) is 6.08 Å². The summed E-state index contributed by atoms with van der Waals surface area (Å²) in [6.45, 7) is 5.33. The topological polar surface area (TPSA) is 29.4 Å². The molecule has 0 aliphatic carbocycles. The van der Waals surface area contributed by atoms with E-state index in [4.69, 9.17) is 0 Å². The summed E-state index contributed by atoms with van der Waals surface area (Å²) in [5.41, 5.74) is 0. The molecule has 0 saturated heterocycles. The molecule has 0 heterocycles. The van der Waals surface area contributed by atoms with Gasteiger partial charge in [0, 0.05) is 0 Å². The van der Waals surface area contributed by atoms with Crippen molar-refractivity contribution in [2.45, 2.75) is 19.4 Å². The standard InChI is InChI=1S/C6H9NO/c1-3-4-6(2)7-5-8/h3,6H,1,4H2,2H3. The third kappa shape index (κ3) is 3.32. The van der Waals surface area contributed by atoms with Crippen molar-refractivity contribution in [1.82, 2.24) is 0 Å². The minimum Gasteiger partial charge on any atom is -0.211 e. The van der Waals surface area contributed by atoms with E-state index >= 15 is 0 Å². The molecule has 0 rings (SSSR count). The van der Waals surface area contributed by atoms with E-state index in [1.54, 1.807) is 6.08 Å². The van der Waals surface area contributed by atoms with Crippen molar-refractivity contribution >= 4 is 6.08 Å². The predicted octanol–water partition coefficient (Wildman–Crippen LogP) is 1.29. The molecule has 0 saturated carbocycles. The van der Waals surface area contributed by atoms with Crippen molar-refractivity contribution in [1.29, 1.82) is 0 Å². The van der Waals surface area contributed by atoms with Gasteiger partial charge in [-0.25, -0.2) is 9.79 Å². The lowest BCUT2D eigenvalue weighted by Crippen LogP contribution is -1.92. The average molecular weight is 111 g/mol. The molecule has 1 atom stereocenters. The minimum absolute atomic E-state index is 0.0463. The van der Waals surface area contributed by atoms with E-state index in [-0.39, 0.29) is 6.04 Å². The van der Waals surface area contributed by atoms with Gasteiger partial charge in [-0.15, -0.1) is 6.58 Å². The number of hydrogen-bond acceptors (Lipinski definition) is 2. The summed E-state index contributed by atoms with van der Waals surface area (Å²) in [7, 11) is 0. The van der Waals surface area contributed by atoms with Gasteiger partial charge in [0.15, 0.2) is 0 Å². The highest BCUT2D eigenvalue weighted by Crippen LogP contribution is 1.93. The number of isocyanates is 1. The minimum atomic E-state index is 0.0463. The summed E-state index contributed by atoms with van der Waals surface area (Å²) < 4.78 is 0. The smallest absolute Gasteiger partial charge is 0.211 e. The van der Waals surface area contributed by atoms with Crippen LogP contribution in [0.4, 0.5) is 0 Å². The zero-order valence-electron chi connectivity index (χ0n) is 4.92. The van der Waals surface area contributed by atoms with Crippen molar-refractivity contribution in [2.24, 2.45) is 4.99 Å². The number of nitrogens with zero attached hydrogens (tertiary/aromatic N) is 1. The Hall–Kier alpha value is -0.880. The zero-order chi connectivity index (χ0) is 6.41. The van der Waals surface area contributed by atoms with Gasteiger partial charge in [0.25, 0.3) is 0 Å². The molecule has 0 aliphatic heterocycles. The fourth-order valence-electron chi connectivity index (χ4n) is 0.384. The van der Waals surface area contributed by atoms with Crippen LogP contribution in [0.2, 0.25) is 0 Å². The fourth-order valence-corrected chi connectivity index (χ4v) is 0.384. The average Bonchev–Trinajstić information content (AvgIpc) is 1.68. The third-order valence-electron chi connectivity index (χ3n) is 0.781. The maximum Gasteiger partial charge on any atom is 0.235 e. The van der Waals surface area contributed by atoms with Crippen LogP contribution in [-0.2, 0) is 4.79 Å². The van der Waals surface area contributed by atoms with E-state index < -0.39 is 0 Å². The Kier molecular flexibility index (Phi) is 3.81. The highest BCUT2D eigenvalue weighted by molar-refractivity contribution is 5.33. The Bertz CT molecular complexity index is 114. The summed E-state index contributed by atoms with van der Waals surface area (Å²) in [6.07, 6.45) is 3.95. The second kappa shape index (κ2) is 4.28. The van der Waals surface area contributed by atoms with E-state index in [9.17, 15) is 4.79 Å². The number of carbonyl (C=O) groups excluding carboxylic acids is 1. The van der Waals surface area contributed by atoms with E-state index in [1.807, 2.05) is 6.92 Å². The maximum absolute atomic E-state index is 9.56. The second-order valence-electron chi connectivity index (χ2n) is 1.59. The quantitative estimate of drug-likeness (QED) is 0.306. The maximum atomic E-state index is 9.56. The Morgan fingerprint density at radius 2 is 2.62 bits per heavy atom. The number of hydrogen-bond donors (Lipinski definition) is 0. The van der Waals surface area contributed by atoms with Crippen molar-refractivity contribution < 1.29 is 4.79 Å². The van der Waals surface area contributed by atoms with Gasteiger partial charge in [0.2, 0.25) is 6.08 Å². The Morgan fingerprint density at radius 1 is 2.00 bits per heavy atom. The van der Waals surface area contributed by atoms with Crippen LogP contribution in [0.3, 0.4) is 0 Å². The zero-order valence-corrected chi connectivity index (χ0v) is 4.92. The van der Waals surface area contributed by atoms with Crippen molar-refractivity contribution in [3.8, 4) is 0 Å². The van der Waals surface area contributed by atoms with Gasteiger partial charge in [0.1, 0.15) is 0 Å². The van der Waals surface area contributed by atoms with Crippen LogP contribution in [0, 0.1) is 0 Å². The van der Waals surface area contributed by atoms with Gasteiger partial charge < -0.3 is 0 Å². The first kappa shape index (κ1) is 7.12. The molecule has 0 spiro atoms. The molecule has 0 bridgehead atoms. The van der Waals surface area contributed by atoms with Gasteiger partial charge in [-0.3, -0.25) is 0 Å². The highest BCUT2D eigenvalue weighted by Gasteiger charge is 1.90. The highest BCUT2D eigenvalue weighted by atomic mass is 16.1. The van der Waals surface area contributed by atoms with Gasteiger partial charge in [-0.2, -0.15) is 0 Å². The van der Waals surface area contributed by atoms with Crippen LogP contribution in [0.1, 0.15) is 13.3 Å². The Balaban J connectivity index is 3.46. The summed E-state index contributed by atoms with van der Waals surface area (Å²) in [5.74, 6) is 0. The number of aliphatic imine (C=N–C) groups is 1. The van der Waals surface area contributed by atoms with Gasteiger partial charge in [-0.1, -0.05) is 6.08 Å². The fraction of sp³-hybridized carbons (Fsp3) is 0.500. The monoisotopic (exact) mass is 111 g/mol.